The van der Waals surface area contributed by atoms with Gasteiger partial charge in [0.15, 0.2) is 0 Å². The monoisotopic (exact) mass is 460 g/mol. The number of fused-ring (bicyclic) bond motifs is 1. The molecular formula is C21H24N4O4S2. The van der Waals surface area contributed by atoms with Crippen molar-refractivity contribution in [2.45, 2.75) is 26.1 Å². The molecule has 0 N–H and O–H groups in total. The fraction of sp³-hybridized carbons (Fsp3) is 0.429. The largest absolute Gasteiger partial charge is 0.383 e. The van der Waals surface area contributed by atoms with Crippen LogP contribution in [0, 0.1) is 0 Å². The van der Waals surface area contributed by atoms with Gasteiger partial charge in [-0.1, -0.05) is 30.0 Å². The van der Waals surface area contributed by atoms with Gasteiger partial charge < -0.3 is 14.4 Å². The van der Waals surface area contributed by atoms with Crippen LogP contribution in [-0.4, -0.2) is 70.1 Å². The summed E-state index contributed by atoms with van der Waals surface area (Å²) in [5.41, 5.74) is 0.700. The summed E-state index contributed by atoms with van der Waals surface area (Å²) in [4.78, 5) is 35.1. The Kier molecular flexibility index (Phi) is 6.42. The van der Waals surface area contributed by atoms with Gasteiger partial charge in [0.2, 0.25) is 0 Å². The second-order valence-electron chi connectivity index (χ2n) is 7.57. The molecule has 10 heteroatoms. The number of anilines is 1. The number of rotatable bonds is 5. The Bertz CT molecular complexity index is 1110. The highest BCUT2D eigenvalue weighted by molar-refractivity contribution is 8.26. The number of amides is 1. The van der Waals surface area contributed by atoms with Crippen LogP contribution in [0.15, 0.2) is 34.1 Å². The van der Waals surface area contributed by atoms with Gasteiger partial charge in [0, 0.05) is 26.4 Å². The van der Waals surface area contributed by atoms with Crippen LogP contribution in [0.3, 0.4) is 0 Å². The number of morpholine rings is 1. The van der Waals surface area contributed by atoms with Gasteiger partial charge in [-0.3, -0.25) is 18.9 Å². The van der Waals surface area contributed by atoms with Crippen LogP contribution in [0.1, 0.15) is 19.4 Å². The quantitative estimate of drug-likeness (QED) is 0.496. The van der Waals surface area contributed by atoms with E-state index in [1.165, 1.54) is 21.1 Å². The fourth-order valence-corrected chi connectivity index (χ4v) is 5.11. The van der Waals surface area contributed by atoms with Gasteiger partial charge in [-0.2, -0.15) is 0 Å². The van der Waals surface area contributed by atoms with Crippen molar-refractivity contribution >= 4 is 51.7 Å². The van der Waals surface area contributed by atoms with Crippen molar-refractivity contribution < 1.29 is 14.3 Å². The molecule has 8 nitrogen and oxygen atoms in total. The molecule has 2 aliphatic rings. The summed E-state index contributed by atoms with van der Waals surface area (Å²) in [5, 5.41) is 0. The van der Waals surface area contributed by atoms with E-state index in [4.69, 9.17) is 26.7 Å². The third kappa shape index (κ3) is 4.38. The Morgan fingerprint density at radius 1 is 1.29 bits per heavy atom. The van der Waals surface area contributed by atoms with Crippen molar-refractivity contribution in [3.63, 3.8) is 0 Å². The smallest absolute Gasteiger partial charge is 0.267 e. The van der Waals surface area contributed by atoms with Gasteiger partial charge in [0.05, 0.1) is 35.8 Å². The van der Waals surface area contributed by atoms with Crippen molar-refractivity contribution in [3.05, 3.63) is 45.2 Å². The Labute approximate surface area is 189 Å². The van der Waals surface area contributed by atoms with Crippen LogP contribution in [0.5, 0.6) is 0 Å². The zero-order valence-corrected chi connectivity index (χ0v) is 19.2. The third-order valence-electron chi connectivity index (χ3n) is 5.14. The molecule has 2 aromatic heterocycles. The van der Waals surface area contributed by atoms with Crippen LogP contribution in [0.4, 0.5) is 5.82 Å². The number of methoxy groups -OCH3 is 1. The number of carbonyl (C=O) groups excluding carboxylic acids is 1. The fourth-order valence-electron chi connectivity index (χ4n) is 3.82. The van der Waals surface area contributed by atoms with Crippen molar-refractivity contribution in [3.8, 4) is 0 Å². The van der Waals surface area contributed by atoms with E-state index < -0.39 is 0 Å². The average molecular weight is 461 g/mol. The minimum atomic E-state index is -0.227. The maximum absolute atomic E-state index is 13.4. The molecule has 0 bridgehead atoms. The summed E-state index contributed by atoms with van der Waals surface area (Å²) < 4.78 is 12.9. The molecule has 0 spiro atoms. The molecule has 4 rings (SSSR count). The summed E-state index contributed by atoms with van der Waals surface area (Å²) in [7, 11) is 1.58. The highest BCUT2D eigenvalue weighted by Gasteiger charge is 2.33. The van der Waals surface area contributed by atoms with Crippen LogP contribution in [0.2, 0.25) is 0 Å². The zero-order valence-electron chi connectivity index (χ0n) is 17.6. The first-order chi connectivity index (χ1) is 14.9. The molecular weight excluding hydrogens is 436 g/mol. The van der Waals surface area contributed by atoms with E-state index in [2.05, 4.69) is 4.90 Å². The van der Waals surface area contributed by atoms with Crippen LogP contribution in [0.25, 0.3) is 11.7 Å². The number of hydrogen-bond acceptors (Lipinski definition) is 8. The molecule has 0 saturated carbocycles. The molecule has 0 radical (unpaired) electrons. The van der Waals surface area contributed by atoms with Gasteiger partial charge in [-0.25, -0.2) is 4.98 Å². The molecule has 2 aliphatic heterocycles. The van der Waals surface area contributed by atoms with Gasteiger partial charge in [0.25, 0.3) is 11.5 Å². The normalized spacial score (nSPS) is 23.4. The molecule has 2 saturated heterocycles. The standard InChI is InChI=1S/C21H24N4O4S2/c1-13-11-23(12-14(2)29-13)18-15(19(26)24-7-5-4-6-17(24)22-18)10-16-20(27)25(8-9-28-3)21(30)31-16/h4-7,10,13-14H,8-9,11-12H2,1-3H3/b16-10+/t13-,14-/m0/s1. The molecule has 0 aromatic carbocycles. The first-order valence-corrected chi connectivity index (χ1v) is 11.3. The number of nitrogens with zero attached hydrogens (tertiary/aromatic N) is 4. The van der Waals surface area contributed by atoms with Gasteiger partial charge >= 0.3 is 0 Å². The molecule has 31 heavy (non-hydrogen) atoms. The Hall–Kier alpha value is -2.27. The Balaban J connectivity index is 1.82. The van der Waals surface area contributed by atoms with E-state index in [1.54, 1.807) is 31.5 Å². The summed E-state index contributed by atoms with van der Waals surface area (Å²) >= 11 is 6.56. The Morgan fingerprint density at radius 2 is 2.03 bits per heavy atom. The number of carbonyl (C=O) groups is 1. The van der Waals surface area contributed by atoms with Crippen molar-refractivity contribution in [2.24, 2.45) is 0 Å². The summed E-state index contributed by atoms with van der Waals surface area (Å²) in [5.74, 6) is 0.333. The predicted molar refractivity (Wildman–Crippen MR) is 125 cm³/mol. The van der Waals surface area contributed by atoms with Crippen molar-refractivity contribution in [2.75, 3.05) is 38.3 Å². The van der Waals surface area contributed by atoms with Crippen LogP contribution < -0.4 is 10.5 Å². The number of hydrogen-bond donors (Lipinski definition) is 0. The molecule has 2 fully saturated rings. The molecule has 2 aromatic rings. The zero-order chi connectivity index (χ0) is 22.1. The molecule has 164 valence electrons. The second-order valence-corrected chi connectivity index (χ2v) is 9.25. The first-order valence-electron chi connectivity index (χ1n) is 10.0. The van der Waals surface area contributed by atoms with E-state index in [1.807, 2.05) is 19.9 Å². The lowest BCUT2D eigenvalue weighted by atomic mass is 10.2. The van der Waals surface area contributed by atoms with Crippen LogP contribution >= 0.6 is 24.0 Å². The number of thioether (sulfide) groups is 1. The lowest BCUT2D eigenvalue weighted by molar-refractivity contribution is -0.122. The van der Waals surface area contributed by atoms with E-state index >= 15 is 0 Å². The molecule has 0 aliphatic carbocycles. The molecule has 4 heterocycles. The number of ether oxygens (including phenoxy) is 2. The van der Waals surface area contributed by atoms with Gasteiger partial charge in [-0.05, 0) is 32.1 Å². The topological polar surface area (TPSA) is 76.4 Å². The van der Waals surface area contributed by atoms with Gasteiger partial charge in [-0.15, -0.1) is 0 Å². The summed E-state index contributed by atoms with van der Waals surface area (Å²) in [6, 6.07) is 5.42. The van der Waals surface area contributed by atoms with Crippen LogP contribution in [-0.2, 0) is 14.3 Å². The second kappa shape index (κ2) is 9.07. The first kappa shape index (κ1) is 21.9. The predicted octanol–water partition coefficient (Wildman–Crippen LogP) is 2.16. The number of pyridine rings is 1. The van der Waals surface area contributed by atoms with E-state index in [0.717, 1.165) is 0 Å². The third-order valence-corrected chi connectivity index (χ3v) is 6.51. The summed E-state index contributed by atoms with van der Waals surface area (Å²) in [6.45, 7) is 5.96. The SMILES string of the molecule is COCCN1C(=O)/C(=C\c2c(N3C[C@H](C)O[C@@H](C)C3)nc3ccccn3c2=O)SC1=S. The lowest BCUT2D eigenvalue weighted by Crippen LogP contribution is -2.46. The number of aromatic nitrogens is 2. The van der Waals surface area contributed by atoms with Crippen molar-refractivity contribution in [1.29, 1.82) is 0 Å². The van der Waals surface area contributed by atoms with E-state index in [-0.39, 0.29) is 23.7 Å². The number of thiocarbonyl (C=S) groups is 1. The van der Waals surface area contributed by atoms with E-state index in [0.29, 0.717) is 52.5 Å². The van der Waals surface area contributed by atoms with Gasteiger partial charge in [0.1, 0.15) is 15.8 Å². The van der Waals surface area contributed by atoms with E-state index in [9.17, 15) is 9.59 Å². The maximum Gasteiger partial charge on any atom is 0.267 e. The maximum atomic E-state index is 13.4. The minimum Gasteiger partial charge on any atom is -0.383 e. The van der Waals surface area contributed by atoms with Crippen molar-refractivity contribution in [1.82, 2.24) is 14.3 Å². The highest BCUT2D eigenvalue weighted by atomic mass is 32.2. The molecule has 1 amide bonds. The minimum absolute atomic E-state index is 0.000112. The molecule has 0 unspecified atom stereocenters. The molecule has 2 atom stereocenters. The highest BCUT2D eigenvalue weighted by Crippen LogP contribution is 2.33. The average Bonchev–Trinajstić information content (AvgIpc) is 3.00. The lowest BCUT2D eigenvalue weighted by Gasteiger charge is -2.36. The Morgan fingerprint density at radius 3 is 2.74 bits per heavy atom. The summed E-state index contributed by atoms with van der Waals surface area (Å²) in [6.07, 6.45) is 3.31.